The SMILES string of the molecule is C(=Cc1ccc(N2CCCC2)cc1)C1=NN(c2ccccn2)C(c2ccc(N3CCCC3)cc2)C1Cc1ccccc1. The minimum absolute atomic E-state index is 0.0462. The van der Waals surface area contributed by atoms with Crippen molar-refractivity contribution in [2.45, 2.75) is 38.1 Å². The summed E-state index contributed by atoms with van der Waals surface area (Å²) in [7, 11) is 0. The van der Waals surface area contributed by atoms with Crippen LogP contribution < -0.4 is 14.8 Å². The van der Waals surface area contributed by atoms with E-state index < -0.39 is 0 Å². The molecule has 42 heavy (non-hydrogen) atoms. The molecule has 3 aliphatic rings. The molecule has 2 saturated heterocycles. The molecule has 2 atom stereocenters. The molecule has 2 unspecified atom stereocenters. The van der Waals surface area contributed by atoms with Gasteiger partial charge < -0.3 is 9.80 Å². The maximum absolute atomic E-state index is 5.27. The van der Waals surface area contributed by atoms with Crippen LogP contribution >= 0.6 is 0 Å². The number of allylic oxidation sites excluding steroid dienone is 1. The van der Waals surface area contributed by atoms with Crippen molar-refractivity contribution in [3.8, 4) is 0 Å². The van der Waals surface area contributed by atoms with Crippen LogP contribution in [0.1, 0.15) is 48.4 Å². The highest BCUT2D eigenvalue weighted by molar-refractivity contribution is 6.03. The molecule has 2 fully saturated rings. The Hall–Kier alpha value is -4.38. The summed E-state index contributed by atoms with van der Waals surface area (Å²) in [4.78, 5) is 9.72. The molecule has 0 radical (unpaired) electrons. The van der Waals surface area contributed by atoms with Crippen LogP contribution in [0.5, 0.6) is 0 Å². The highest BCUT2D eigenvalue weighted by atomic mass is 15.5. The Kier molecular flexibility index (Phi) is 7.72. The Bertz CT molecular complexity index is 1500. The minimum atomic E-state index is 0.0462. The first kappa shape index (κ1) is 26.5. The largest absolute Gasteiger partial charge is 0.372 e. The van der Waals surface area contributed by atoms with E-state index in [4.69, 9.17) is 10.1 Å². The molecular formula is C37H39N5. The zero-order valence-corrected chi connectivity index (χ0v) is 24.2. The number of pyridine rings is 1. The van der Waals surface area contributed by atoms with Crippen molar-refractivity contribution in [2.24, 2.45) is 11.0 Å². The number of anilines is 3. The molecule has 4 aromatic rings. The summed E-state index contributed by atoms with van der Waals surface area (Å²) >= 11 is 0. The highest BCUT2D eigenvalue weighted by Gasteiger charge is 2.38. The molecule has 1 aromatic heterocycles. The maximum atomic E-state index is 5.27. The van der Waals surface area contributed by atoms with E-state index >= 15 is 0 Å². The quantitative estimate of drug-likeness (QED) is 0.223. The fourth-order valence-corrected chi connectivity index (χ4v) is 6.70. The molecule has 0 saturated carbocycles. The smallest absolute Gasteiger partial charge is 0.149 e. The van der Waals surface area contributed by atoms with Crippen molar-refractivity contribution in [2.75, 3.05) is 41.0 Å². The van der Waals surface area contributed by atoms with E-state index in [1.54, 1.807) is 0 Å². The van der Waals surface area contributed by atoms with E-state index in [1.807, 2.05) is 18.3 Å². The number of aromatic nitrogens is 1. The average Bonchev–Trinajstić information content (AvgIpc) is 3.84. The lowest BCUT2D eigenvalue weighted by Gasteiger charge is -2.28. The van der Waals surface area contributed by atoms with Crippen molar-refractivity contribution in [1.29, 1.82) is 0 Å². The lowest BCUT2D eigenvalue weighted by molar-refractivity contribution is 0.545. The van der Waals surface area contributed by atoms with Gasteiger partial charge in [-0.1, -0.05) is 66.7 Å². The summed E-state index contributed by atoms with van der Waals surface area (Å²) < 4.78 is 0. The molecule has 3 aliphatic heterocycles. The van der Waals surface area contributed by atoms with E-state index in [2.05, 4.69) is 112 Å². The first-order valence-corrected chi connectivity index (χ1v) is 15.5. The Balaban J connectivity index is 1.23. The van der Waals surface area contributed by atoms with Gasteiger partial charge in [0.05, 0.1) is 11.8 Å². The normalized spacial score (nSPS) is 20.6. The first-order valence-electron chi connectivity index (χ1n) is 15.5. The molecule has 0 bridgehead atoms. The zero-order chi connectivity index (χ0) is 28.1. The third-order valence-electron chi connectivity index (χ3n) is 8.95. The molecule has 4 heterocycles. The second-order valence-electron chi connectivity index (χ2n) is 11.7. The van der Waals surface area contributed by atoms with Crippen molar-refractivity contribution in [3.05, 3.63) is 126 Å². The van der Waals surface area contributed by atoms with Crippen LogP contribution in [0.2, 0.25) is 0 Å². The number of hydrogen-bond donors (Lipinski definition) is 0. The van der Waals surface area contributed by atoms with Crippen LogP contribution in [0, 0.1) is 5.92 Å². The summed E-state index contributed by atoms with van der Waals surface area (Å²) in [5, 5.41) is 7.42. The van der Waals surface area contributed by atoms with Gasteiger partial charge in [-0.15, -0.1) is 0 Å². The molecule has 0 N–H and O–H groups in total. The van der Waals surface area contributed by atoms with Crippen molar-refractivity contribution >= 4 is 29.0 Å². The zero-order valence-electron chi connectivity index (χ0n) is 24.2. The van der Waals surface area contributed by atoms with Gasteiger partial charge in [-0.05, 0) is 91.3 Å². The molecule has 5 nitrogen and oxygen atoms in total. The van der Waals surface area contributed by atoms with Crippen LogP contribution in [0.4, 0.5) is 17.2 Å². The predicted molar refractivity (Wildman–Crippen MR) is 175 cm³/mol. The number of rotatable bonds is 8. The second kappa shape index (κ2) is 12.2. The molecule has 3 aromatic carbocycles. The molecule has 0 spiro atoms. The van der Waals surface area contributed by atoms with Gasteiger partial charge in [-0.25, -0.2) is 9.99 Å². The molecule has 0 amide bonds. The number of benzene rings is 3. The highest BCUT2D eigenvalue weighted by Crippen LogP contribution is 2.41. The summed E-state index contributed by atoms with van der Waals surface area (Å²) in [6.45, 7) is 4.63. The molecule has 7 rings (SSSR count). The monoisotopic (exact) mass is 553 g/mol. The summed E-state index contributed by atoms with van der Waals surface area (Å²) in [6.07, 6.45) is 12.4. The van der Waals surface area contributed by atoms with Gasteiger partial charge in [-0.3, -0.25) is 0 Å². The standard InChI is InChI=1S/C37H39N5/c1-2-10-30(11-3-1)28-34-35(22-15-29-13-18-32(19-14-29)40-24-6-7-25-40)39-42(36-12-4-5-23-38-36)37(34)31-16-20-33(21-17-31)41-26-8-9-27-41/h1-5,10-23,34,37H,6-9,24-28H2. The van der Waals surface area contributed by atoms with E-state index in [-0.39, 0.29) is 12.0 Å². The van der Waals surface area contributed by atoms with E-state index in [1.165, 1.54) is 53.7 Å². The Morgan fingerprint density at radius 3 is 1.88 bits per heavy atom. The van der Waals surface area contributed by atoms with Gasteiger partial charge in [0.15, 0.2) is 0 Å². The van der Waals surface area contributed by atoms with Crippen LogP contribution in [-0.2, 0) is 6.42 Å². The fourth-order valence-electron chi connectivity index (χ4n) is 6.70. The first-order chi connectivity index (χ1) is 20.8. The van der Waals surface area contributed by atoms with Crippen molar-refractivity contribution in [1.82, 2.24) is 4.98 Å². The van der Waals surface area contributed by atoms with Gasteiger partial charge in [0.25, 0.3) is 0 Å². The number of nitrogens with zero attached hydrogens (tertiary/aromatic N) is 5. The molecular weight excluding hydrogens is 514 g/mol. The average molecular weight is 554 g/mol. The summed E-state index contributed by atoms with van der Waals surface area (Å²) in [6, 6.07) is 35.2. The lowest BCUT2D eigenvalue weighted by Crippen LogP contribution is -2.27. The number of hydrazone groups is 1. The molecule has 212 valence electrons. The van der Waals surface area contributed by atoms with Crippen molar-refractivity contribution in [3.63, 3.8) is 0 Å². The van der Waals surface area contributed by atoms with Gasteiger partial charge in [0.2, 0.25) is 0 Å². The van der Waals surface area contributed by atoms with Crippen LogP contribution in [0.3, 0.4) is 0 Å². The predicted octanol–water partition coefficient (Wildman–Crippen LogP) is 7.77. The Morgan fingerprint density at radius 1 is 0.643 bits per heavy atom. The topological polar surface area (TPSA) is 35.0 Å². The lowest BCUT2D eigenvalue weighted by atomic mass is 9.84. The van der Waals surface area contributed by atoms with Gasteiger partial charge in [0, 0.05) is 49.7 Å². The van der Waals surface area contributed by atoms with E-state index in [0.29, 0.717) is 0 Å². The second-order valence-corrected chi connectivity index (χ2v) is 11.7. The Morgan fingerprint density at radius 2 is 1.26 bits per heavy atom. The summed E-state index contributed by atoms with van der Waals surface area (Å²) in [5.74, 6) is 1.05. The van der Waals surface area contributed by atoms with Crippen LogP contribution in [0.25, 0.3) is 6.08 Å². The van der Waals surface area contributed by atoms with Crippen LogP contribution in [-0.4, -0.2) is 36.9 Å². The van der Waals surface area contributed by atoms with Crippen LogP contribution in [0.15, 0.2) is 114 Å². The molecule has 5 heteroatoms. The minimum Gasteiger partial charge on any atom is -0.372 e. The Labute approximate surface area is 249 Å². The van der Waals surface area contributed by atoms with E-state index in [9.17, 15) is 0 Å². The third kappa shape index (κ3) is 5.69. The number of hydrogen-bond acceptors (Lipinski definition) is 5. The van der Waals surface area contributed by atoms with E-state index in [0.717, 1.165) is 44.1 Å². The van der Waals surface area contributed by atoms with Gasteiger partial charge >= 0.3 is 0 Å². The summed E-state index contributed by atoms with van der Waals surface area (Å²) in [5.41, 5.74) is 7.51. The van der Waals surface area contributed by atoms with Gasteiger partial charge in [0.1, 0.15) is 5.82 Å². The fraction of sp³-hybridized carbons (Fsp3) is 0.297. The molecule has 0 aliphatic carbocycles. The maximum Gasteiger partial charge on any atom is 0.149 e. The third-order valence-corrected chi connectivity index (χ3v) is 8.95. The van der Waals surface area contributed by atoms with Gasteiger partial charge in [-0.2, -0.15) is 5.10 Å². The van der Waals surface area contributed by atoms with Crippen molar-refractivity contribution < 1.29 is 0 Å².